The molecule has 0 bridgehead atoms. The Kier molecular flexibility index (Phi) is 3.87. The Bertz CT molecular complexity index is 973. The lowest BCUT2D eigenvalue weighted by atomic mass is 9.86. The van der Waals surface area contributed by atoms with Gasteiger partial charge in [-0.15, -0.1) is 4.40 Å². The highest BCUT2D eigenvalue weighted by atomic mass is 32.2. The van der Waals surface area contributed by atoms with Crippen LogP contribution >= 0.6 is 0 Å². The number of hydrogen-bond donors (Lipinski definition) is 2. The summed E-state index contributed by atoms with van der Waals surface area (Å²) in [6.45, 7) is 8.19. The fourth-order valence-corrected chi connectivity index (χ4v) is 4.46. The van der Waals surface area contributed by atoms with Crippen LogP contribution in [0.1, 0.15) is 43.5 Å². The topological polar surface area (TPSA) is 84.5 Å². The van der Waals surface area contributed by atoms with Gasteiger partial charge in [0.2, 0.25) is 5.96 Å². The molecule has 1 aliphatic heterocycles. The van der Waals surface area contributed by atoms with Crippen LogP contribution < -0.4 is 11.1 Å². The number of fused-ring (bicyclic) bond motifs is 1. The minimum absolute atomic E-state index is 0. The van der Waals surface area contributed by atoms with Crippen molar-refractivity contribution in [2.45, 2.75) is 38.5 Å². The normalized spacial score (nSPS) is 16.8. The lowest BCUT2D eigenvalue weighted by Crippen LogP contribution is -2.30. The molecule has 6 heteroatoms. The largest absolute Gasteiger partial charge is 0.369 e. The Balaban J connectivity index is 0.00000169. The molecule has 1 atom stereocenters. The molecule has 0 amide bonds. The van der Waals surface area contributed by atoms with Gasteiger partial charge in [0.05, 0.1) is 5.69 Å². The smallest absolute Gasteiger partial charge is 0.287 e. The fourth-order valence-electron chi connectivity index (χ4n) is 3.40. The Labute approximate surface area is 145 Å². The van der Waals surface area contributed by atoms with Gasteiger partial charge in [-0.3, -0.25) is 0 Å². The second-order valence-corrected chi connectivity index (χ2v) is 7.90. The Morgan fingerprint density at radius 1 is 1.12 bits per heavy atom. The highest BCUT2D eigenvalue weighted by Crippen LogP contribution is 2.39. The van der Waals surface area contributed by atoms with Crippen molar-refractivity contribution in [3.8, 4) is 0 Å². The standard InChI is InChI=1S/C18H21N3O2S.2H2/c1-10-5-7-14(12(3)9-10)13(4)16-11(2)6-8-15-17(16)20-18(19)21-24(15,22)23;;/h5-9,13H,1-4H3,(H3,19,20,21);2*1H/t13-;;/m1../s1. The maximum Gasteiger partial charge on any atom is 0.287 e. The highest BCUT2D eigenvalue weighted by Gasteiger charge is 2.29. The van der Waals surface area contributed by atoms with E-state index in [9.17, 15) is 8.42 Å². The monoisotopic (exact) mass is 347 g/mol. The molecule has 24 heavy (non-hydrogen) atoms. The van der Waals surface area contributed by atoms with Gasteiger partial charge in [-0.2, -0.15) is 8.42 Å². The summed E-state index contributed by atoms with van der Waals surface area (Å²) in [6.07, 6.45) is 0. The molecule has 2 aromatic rings. The van der Waals surface area contributed by atoms with Crippen molar-refractivity contribution in [2.24, 2.45) is 10.1 Å². The van der Waals surface area contributed by atoms with Crippen molar-refractivity contribution in [2.75, 3.05) is 5.32 Å². The number of sulfonamides is 1. The number of anilines is 1. The summed E-state index contributed by atoms with van der Waals surface area (Å²) >= 11 is 0. The van der Waals surface area contributed by atoms with E-state index in [0.717, 1.165) is 16.7 Å². The summed E-state index contributed by atoms with van der Waals surface area (Å²) in [5, 5.41) is 2.96. The lowest BCUT2D eigenvalue weighted by Gasteiger charge is -2.25. The van der Waals surface area contributed by atoms with Gasteiger partial charge in [0.1, 0.15) is 4.90 Å². The molecule has 130 valence electrons. The lowest BCUT2D eigenvalue weighted by molar-refractivity contribution is 0.597. The minimum atomic E-state index is -3.76. The van der Waals surface area contributed by atoms with Crippen LogP contribution in [0.25, 0.3) is 0 Å². The van der Waals surface area contributed by atoms with E-state index >= 15 is 0 Å². The van der Waals surface area contributed by atoms with Gasteiger partial charge < -0.3 is 11.1 Å². The van der Waals surface area contributed by atoms with E-state index in [1.165, 1.54) is 11.1 Å². The molecule has 3 rings (SSSR count). The summed E-state index contributed by atoms with van der Waals surface area (Å²) in [7, 11) is -3.76. The summed E-state index contributed by atoms with van der Waals surface area (Å²) in [5.41, 5.74) is 11.7. The van der Waals surface area contributed by atoms with Crippen molar-refractivity contribution >= 4 is 21.7 Å². The zero-order chi connectivity index (χ0) is 17.6. The molecule has 0 aromatic heterocycles. The number of aryl methyl sites for hydroxylation is 3. The highest BCUT2D eigenvalue weighted by molar-refractivity contribution is 7.90. The first-order chi connectivity index (χ1) is 11.2. The van der Waals surface area contributed by atoms with Crippen LogP contribution in [-0.2, 0) is 10.0 Å². The van der Waals surface area contributed by atoms with E-state index in [1.807, 2.05) is 13.0 Å². The minimum Gasteiger partial charge on any atom is -0.369 e. The first kappa shape index (κ1) is 16.5. The average Bonchev–Trinajstić information content (AvgIpc) is 2.45. The fraction of sp³-hybridized carbons (Fsp3) is 0.278. The summed E-state index contributed by atoms with van der Waals surface area (Å²) < 4.78 is 28.2. The van der Waals surface area contributed by atoms with Gasteiger partial charge in [0.25, 0.3) is 10.0 Å². The van der Waals surface area contributed by atoms with E-state index in [1.54, 1.807) is 6.07 Å². The zero-order valence-corrected chi connectivity index (χ0v) is 15.0. The van der Waals surface area contributed by atoms with Crippen molar-refractivity contribution in [3.05, 3.63) is 58.1 Å². The van der Waals surface area contributed by atoms with E-state index in [0.29, 0.717) is 5.69 Å². The third kappa shape index (κ3) is 2.67. The van der Waals surface area contributed by atoms with E-state index < -0.39 is 10.0 Å². The van der Waals surface area contributed by atoms with Crippen LogP contribution in [-0.4, -0.2) is 14.4 Å². The quantitative estimate of drug-likeness (QED) is 0.868. The van der Waals surface area contributed by atoms with Gasteiger partial charge in [0, 0.05) is 8.77 Å². The Morgan fingerprint density at radius 2 is 1.83 bits per heavy atom. The molecule has 3 N–H and O–H groups in total. The van der Waals surface area contributed by atoms with Crippen LogP contribution in [0.15, 0.2) is 39.6 Å². The van der Waals surface area contributed by atoms with Gasteiger partial charge in [-0.25, -0.2) is 0 Å². The zero-order valence-electron chi connectivity index (χ0n) is 14.2. The van der Waals surface area contributed by atoms with Crippen molar-refractivity contribution in [3.63, 3.8) is 0 Å². The molecule has 0 unspecified atom stereocenters. The predicted octanol–water partition coefficient (Wildman–Crippen LogP) is 3.68. The summed E-state index contributed by atoms with van der Waals surface area (Å²) in [5.74, 6) is -0.0728. The molecule has 0 spiro atoms. The van der Waals surface area contributed by atoms with Gasteiger partial charge >= 0.3 is 0 Å². The SMILES string of the molecule is Cc1ccc([C@@H](C)c2c(C)ccc3c2NC(N)=NS3(=O)=O)c(C)c1.[HH].[HH]. The first-order valence-electron chi connectivity index (χ1n) is 7.79. The van der Waals surface area contributed by atoms with E-state index in [4.69, 9.17) is 5.73 Å². The molecular weight excluding hydrogens is 322 g/mol. The number of nitrogens with one attached hydrogen (secondary N) is 1. The molecule has 0 aliphatic carbocycles. The first-order valence-corrected chi connectivity index (χ1v) is 9.23. The van der Waals surface area contributed by atoms with Gasteiger partial charge in [-0.1, -0.05) is 36.8 Å². The molecule has 1 aliphatic rings. The summed E-state index contributed by atoms with van der Waals surface area (Å²) in [4.78, 5) is 0.175. The van der Waals surface area contributed by atoms with Crippen LogP contribution in [0.3, 0.4) is 0 Å². The molecular formula is C18H25N3O2S. The van der Waals surface area contributed by atoms with Gasteiger partial charge in [-0.05, 0) is 49.1 Å². The van der Waals surface area contributed by atoms with Crippen molar-refractivity contribution in [1.29, 1.82) is 0 Å². The number of rotatable bonds is 2. The molecule has 0 radical (unpaired) electrons. The van der Waals surface area contributed by atoms with Crippen LogP contribution in [0, 0.1) is 20.8 Å². The van der Waals surface area contributed by atoms with E-state index in [-0.39, 0.29) is 19.6 Å². The number of benzene rings is 2. The second-order valence-electron chi connectivity index (χ2n) is 6.33. The Hall–Kier alpha value is -2.34. The molecule has 1 heterocycles. The average molecular weight is 347 g/mol. The number of hydrogen-bond acceptors (Lipinski definition) is 4. The maximum absolute atomic E-state index is 12.3. The molecule has 0 fully saturated rings. The van der Waals surface area contributed by atoms with Crippen LogP contribution in [0.2, 0.25) is 0 Å². The van der Waals surface area contributed by atoms with Crippen LogP contribution in [0.4, 0.5) is 5.69 Å². The third-order valence-electron chi connectivity index (χ3n) is 4.50. The van der Waals surface area contributed by atoms with Crippen molar-refractivity contribution in [1.82, 2.24) is 0 Å². The molecule has 0 saturated carbocycles. The third-order valence-corrected chi connectivity index (χ3v) is 5.83. The van der Waals surface area contributed by atoms with Crippen LogP contribution in [0.5, 0.6) is 0 Å². The van der Waals surface area contributed by atoms with Gasteiger partial charge in [0.15, 0.2) is 0 Å². The Morgan fingerprint density at radius 3 is 2.50 bits per heavy atom. The predicted molar refractivity (Wildman–Crippen MR) is 101 cm³/mol. The molecule has 5 nitrogen and oxygen atoms in total. The van der Waals surface area contributed by atoms with Crippen molar-refractivity contribution < 1.29 is 11.3 Å². The molecule has 2 aromatic carbocycles. The molecule has 0 saturated heterocycles. The number of nitrogens with two attached hydrogens (primary N) is 1. The van der Waals surface area contributed by atoms with E-state index in [2.05, 4.69) is 48.7 Å². The summed E-state index contributed by atoms with van der Waals surface area (Å²) in [6, 6.07) is 9.72. The number of guanidine groups is 1. The maximum atomic E-state index is 12.3. The number of nitrogens with zero attached hydrogens (tertiary/aromatic N) is 1. The second kappa shape index (κ2) is 5.63.